The molecule has 0 aliphatic heterocycles. The van der Waals surface area contributed by atoms with Crippen molar-refractivity contribution in [3.63, 3.8) is 0 Å². The number of hydrogen-bond acceptors (Lipinski definition) is 2. The third-order valence-electron chi connectivity index (χ3n) is 4.61. The van der Waals surface area contributed by atoms with Gasteiger partial charge in [-0.15, -0.1) is 0 Å². The minimum Gasteiger partial charge on any atom is -0.391 e. The summed E-state index contributed by atoms with van der Waals surface area (Å²) >= 11 is 0. The smallest absolute Gasteiger partial charge is 0.315 e. The standard InChI is InChI=1S/C14H26N2O2/c1-14(2)9-5-8-12(14)16-13(18)15-10-6-3-4-7-11(10)17/h10-12,17H,3-9H2,1-2H3,(H2,15,16,18). The minimum atomic E-state index is -0.374. The van der Waals surface area contributed by atoms with Crippen LogP contribution >= 0.6 is 0 Å². The van der Waals surface area contributed by atoms with Gasteiger partial charge >= 0.3 is 6.03 Å². The van der Waals surface area contributed by atoms with E-state index >= 15 is 0 Å². The van der Waals surface area contributed by atoms with E-state index in [1.807, 2.05) is 0 Å². The Bertz CT molecular complexity index is 304. The second-order valence-electron chi connectivity index (χ2n) is 6.51. The molecule has 104 valence electrons. The van der Waals surface area contributed by atoms with E-state index in [2.05, 4.69) is 24.5 Å². The molecule has 2 fully saturated rings. The average Bonchev–Trinajstić information content (AvgIpc) is 2.62. The molecule has 0 heterocycles. The fraction of sp³-hybridized carbons (Fsp3) is 0.929. The van der Waals surface area contributed by atoms with Gasteiger partial charge in [0.1, 0.15) is 0 Å². The molecule has 0 saturated heterocycles. The molecule has 2 rings (SSSR count). The summed E-state index contributed by atoms with van der Waals surface area (Å²) in [7, 11) is 0. The monoisotopic (exact) mass is 254 g/mol. The Morgan fingerprint density at radius 1 is 1.11 bits per heavy atom. The van der Waals surface area contributed by atoms with Gasteiger partial charge in [0.25, 0.3) is 0 Å². The summed E-state index contributed by atoms with van der Waals surface area (Å²) in [5.41, 5.74) is 0.197. The number of nitrogens with one attached hydrogen (secondary N) is 2. The van der Waals surface area contributed by atoms with Gasteiger partial charge in [-0.1, -0.05) is 33.1 Å². The van der Waals surface area contributed by atoms with E-state index in [0.717, 1.165) is 32.1 Å². The number of carbonyl (C=O) groups excluding carboxylic acids is 1. The molecule has 3 unspecified atom stereocenters. The van der Waals surface area contributed by atoms with Crippen LogP contribution in [0, 0.1) is 5.41 Å². The lowest BCUT2D eigenvalue weighted by Gasteiger charge is -2.31. The molecule has 4 heteroatoms. The van der Waals surface area contributed by atoms with E-state index in [9.17, 15) is 9.90 Å². The topological polar surface area (TPSA) is 61.4 Å². The molecule has 0 aromatic heterocycles. The summed E-state index contributed by atoms with van der Waals surface area (Å²) in [6.45, 7) is 4.42. The van der Waals surface area contributed by atoms with E-state index in [-0.39, 0.29) is 29.6 Å². The third-order valence-corrected chi connectivity index (χ3v) is 4.61. The summed E-state index contributed by atoms with van der Waals surface area (Å²) in [5.74, 6) is 0. The molecule has 2 aliphatic carbocycles. The van der Waals surface area contributed by atoms with Crippen molar-refractivity contribution < 1.29 is 9.90 Å². The van der Waals surface area contributed by atoms with Crippen LogP contribution in [-0.4, -0.2) is 29.3 Å². The largest absolute Gasteiger partial charge is 0.391 e. The van der Waals surface area contributed by atoms with Crippen LogP contribution in [0.5, 0.6) is 0 Å². The second kappa shape index (κ2) is 5.47. The molecule has 0 bridgehead atoms. The molecule has 18 heavy (non-hydrogen) atoms. The van der Waals surface area contributed by atoms with Crippen LogP contribution in [0.2, 0.25) is 0 Å². The lowest BCUT2D eigenvalue weighted by Crippen LogP contribution is -2.52. The van der Waals surface area contributed by atoms with Gasteiger partial charge in [0.15, 0.2) is 0 Å². The Balaban J connectivity index is 1.81. The quantitative estimate of drug-likeness (QED) is 0.707. The van der Waals surface area contributed by atoms with Crippen LogP contribution in [0.1, 0.15) is 58.8 Å². The van der Waals surface area contributed by atoms with E-state index in [0.29, 0.717) is 0 Å². The number of urea groups is 1. The van der Waals surface area contributed by atoms with Gasteiger partial charge < -0.3 is 15.7 Å². The summed E-state index contributed by atoms with van der Waals surface area (Å²) < 4.78 is 0. The van der Waals surface area contributed by atoms with Crippen molar-refractivity contribution in [3.8, 4) is 0 Å². The third kappa shape index (κ3) is 3.16. The van der Waals surface area contributed by atoms with Crippen LogP contribution in [0.4, 0.5) is 4.79 Å². The molecule has 3 N–H and O–H groups in total. The fourth-order valence-corrected chi connectivity index (χ4v) is 3.24. The number of hydrogen-bond donors (Lipinski definition) is 3. The molecular weight excluding hydrogens is 228 g/mol. The second-order valence-corrected chi connectivity index (χ2v) is 6.51. The first-order chi connectivity index (χ1) is 8.49. The predicted octanol–water partition coefficient (Wildman–Crippen LogP) is 2.17. The minimum absolute atomic E-state index is 0.0664. The molecule has 0 aromatic rings. The number of amides is 2. The van der Waals surface area contributed by atoms with Gasteiger partial charge in [0.2, 0.25) is 0 Å². The van der Waals surface area contributed by atoms with Gasteiger partial charge in [0, 0.05) is 6.04 Å². The Kier molecular flexibility index (Phi) is 4.15. The maximum absolute atomic E-state index is 12.0. The maximum Gasteiger partial charge on any atom is 0.315 e. The number of rotatable bonds is 2. The van der Waals surface area contributed by atoms with Crippen molar-refractivity contribution in [2.75, 3.05) is 0 Å². The Labute approximate surface area is 110 Å². The van der Waals surface area contributed by atoms with Gasteiger partial charge in [0.05, 0.1) is 12.1 Å². The summed E-state index contributed by atoms with van der Waals surface area (Å²) in [5, 5.41) is 15.8. The first kappa shape index (κ1) is 13.7. The zero-order valence-electron chi connectivity index (χ0n) is 11.5. The highest BCUT2D eigenvalue weighted by Crippen LogP contribution is 2.37. The molecule has 0 radical (unpaired) electrons. The lowest BCUT2D eigenvalue weighted by atomic mass is 9.87. The van der Waals surface area contributed by atoms with Crippen LogP contribution in [0.3, 0.4) is 0 Å². The SMILES string of the molecule is CC1(C)CCCC1NC(=O)NC1CCCCC1O. The normalized spacial score (nSPS) is 35.2. The van der Waals surface area contributed by atoms with Crippen molar-refractivity contribution in [1.82, 2.24) is 10.6 Å². The van der Waals surface area contributed by atoms with E-state index in [4.69, 9.17) is 0 Å². The first-order valence-electron chi connectivity index (χ1n) is 7.24. The highest BCUT2D eigenvalue weighted by molar-refractivity contribution is 5.74. The predicted molar refractivity (Wildman–Crippen MR) is 71.4 cm³/mol. The van der Waals surface area contributed by atoms with E-state index in [1.54, 1.807) is 0 Å². The Hall–Kier alpha value is -0.770. The fourth-order valence-electron chi connectivity index (χ4n) is 3.24. The van der Waals surface area contributed by atoms with Crippen molar-refractivity contribution in [1.29, 1.82) is 0 Å². The molecule has 3 atom stereocenters. The highest BCUT2D eigenvalue weighted by Gasteiger charge is 2.36. The summed E-state index contributed by atoms with van der Waals surface area (Å²) in [6.07, 6.45) is 6.90. The highest BCUT2D eigenvalue weighted by atomic mass is 16.3. The Morgan fingerprint density at radius 3 is 2.44 bits per heavy atom. The molecule has 2 amide bonds. The molecule has 0 spiro atoms. The molecular formula is C14H26N2O2. The lowest BCUT2D eigenvalue weighted by molar-refractivity contribution is 0.0935. The zero-order chi connectivity index (χ0) is 13.2. The van der Waals surface area contributed by atoms with Gasteiger partial charge in [-0.25, -0.2) is 4.79 Å². The van der Waals surface area contributed by atoms with Crippen LogP contribution in [-0.2, 0) is 0 Å². The van der Waals surface area contributed by atoms with Gasteiger partial charge in [-0.3, -0.25) is 0 Å². The number of carbonyl (C=O) groups is 1. The number of aliphatic hydroxyl groups is 1. The maximum atomic E-state index is 12.0. The molecule has 2 aliphatic rings. The van der Waals surface area contributed by atoms with Crippen molar-refractivity contribution in [3.05, 3.63) is 0 Å². The van der Waals surface area contributed by atoms with Crippen LogP contribution < -0.4 is 10.6 Å². The van der Waals surface area contributed by atoms with Crippen molar-refractivity contribution in [2.45, 2.75) is 77.0 Å². The van der Waals surface area contributed by atoms with Crippen molar-refractivity contribution >= 4 is 6.03 Å². The van der Waals surface area contributed by atoms with Crippen LogP contribution in [0.25, 0.3) is 0 Å². The number of aliphatic hydroxyl groups excluding tert-OH is 1. The molecule has 2 saturated carbocycles. The van der Waals surface area contributed by atoms with Crippen LogP contribution in [0.15, 0.2) is 0 Å². The van der Waals surface area contributed by atoms with Gasteiger partial charge in [-0.05, 0) is 31.1 Å². The van der Waals surface area contributed by atoms with Crippen molar-refractivity contribution in [2.24, 2.45) is 5.41 Å². The summed E-state index contributed by atoms with van der Waals surface area (Å²) in [6, 6.07) is 0.0856. The molecule has 0 aromatic carbocycles. The summed E-state index contributed by atoms with van der Waals surface area (Å²) in [4.78, 5) is 12.0. The molecule has 4 nitrogen and oxygen atoms in total. The first-order valence-corrected chi connectivity index (χ1v) is 7.24. The Morgan fingerprint density at radius 2 is 1.83 bits per heavy atom. The van der Waals surface area contributed by atoms with E-state index < -0.39 is 0 Å². The van der Waals surface area contributed by atoms with Gasteiger partial charge in [-0.2, -0.15) is 0 Å². The zero-order valence-corrected chi connectivity index (χ0v) is 11.5. The average molecular weight is 254 g/mol. The van der Waals surface area contributed by atoms with E-state index in [1.165, 1.54) is 12.8 Å².